The van der Waals surface area contributed by atoms with Crippen molar-refractivity contribution < 1.29 is 9.18 Å². The number of nitrogens with one attached hydrogen (secondary N) is 1. The predicted octanol–water partition coefficient (Wildman–Crippen LogP) is 3.24. The second-order valence-electron chi connectivity index (χ2n) is 4.05. The van der Waals surface area contributed by atoms with Crippen LogP contribution < -0.4 is 11.1 Å². The van der Waals surface area contributed by atoms with Gasteiger partial charge >= 0.3 is 0 Å². The number of amides is 1. The van der Waals surface area contributed by atoms with Gasteiger partial charge in [-0.25, -0.2) is 4.39 Å². The Bertz CT molecular complexity index is 616. The standard InChI is InChI=1S/C14H12ClFN2O/c15-11-8-10(5-6-12(11)16)18-14(19)7-9-3-1-2-4-13(9)17/h1-6,8H,7,17H2,(H,18,19). The zero-order valence-electron chi connectivity index (χ0n) is 9.99. The first kappa shape index (κ1) is 13.4. The molecule has 0 aromatic heterocycles. The van der Waals surface area contributed by atoms with Gasteiger partial charge in [0.25, 0.3) is 0 Å². The Hall–Kier alpha value is -2.07. The first-order chi connectivity index (χ1) is 9.06. The van der Waals surface area contributed by atoms with E-state index >= 15 is 0 Å². The van der Waals surface area contributed by atoms with Gasteiger partial charge in [0, 0.05) is 11.4 Å². The van der Waals surface area contributed by atoms with Crippen LogP contribution in [-0.4, -0.2) is 5.91 Å². The van der Waals surface area contributed by atoms with Crippen LogP contribution in [0.2, 0.25) is 5.02 Å². The summed E-state index contributed by atoms with van der Waals surface area (Å²) in [5.41, 5.74) is 7.51. The first-order valence-corrected chi connectivity index (χ1v) is 6.02. The minimum absolute atomic E-state index is 0.0305. The second-order valence-corrected chi connectivity index (χ2v) is 4.46. The largest absolute Gasteiger partial charge is 0.398 e. The van der Waals surface area contributed by atoms with Crippen molar-refractivity contribution in [1.82, 2.24) is 0 Å². The molecule has 2 aromatic rings. The van der Waals surface area contributed by atoms with Crippen LogP contribution in [0.5, 0.6) is 0 Å². The van der Waals surface area contributed by atoms with E-state index in [1.54, 1.807) is 18.2 Å². The summed E-state index contributed by atoms with van der Waals surface area (Å²) in [4.78, 5) is 11.8. The van der Waals surface area contributed by atoms with Crippen molar-refractivity contribution in [1.29, 1.82) is 0 Å². The molecule has 0 heterocycles. The zero-order valence-corrected chi connectivity index (χ0v) is 10.7. The van der Waals surface area contributed by atoms with Crippen LogP contribution in [0.4, 0.5) is 15.8 Å². The van der Waals surface area contributed by atoms with E-state index in [9.17, 15) is 9.18 Å². The van der Waals surface area contributed by atoms with E-state index in [0.29, 0.717) is 11.4 Å². The third kappa shape index (κ3) is 3.45. The van der Waals surface area contributed by atoms with Crippen molar-refractivity contribution in [3.05, 3.63) is 58.9 Å². The van der Waals surface area contributed by atoms with Gasteiger partial charge in [-0.3, -0.25) is 4.79 Å². The molecule has 19 heavy (non-hydrogen) atoms. The monoisotopic (exact) mass is 278 g/mol. The number of nitrogen functional groups attached to an aromatic ring is 1. The Balaban J connectivity index is 2.05. The highest BCUT2D eigenvalue weighted by molar-refractivity contribution is 6.31. The molecule has 0 atom stereocenters. The van der Waals surface area contributed by atoms with E-state index in [0.717, 1.165) is 5.56 Å². The molecule has 0 radical (unpaired) electrons. The summed E-state index contributed by atoms with van der Waals surface area (Å²) < 4.78 is 13.0. The lowest BCUT2D eigenvalue weighted by molar-refractivity contribution is -0.115. The number of hydrogen-bond donors (Lipinski definition) is 2. The van der Waals surface area contributed by atoms with Crippen LogP contribution in [0.1, 0.15) is 5.56 Å². The van der Waals surface area contributed by atoms with E-state index in [1.165, 1.54) is 18.2 Å². The molecule has 3 nitrogen and oxygen atoms in total. The molecule has 0 fully saturated rings. The highest BCUT2D eigenvalue weighted by Gasteiger charge is 2.08. The molecular weight excluding hydrogens is 267 g/mol. The zero-order chi connectivity index (χ0) is 13.8. The van der Waals surface area contributed by atoms with Crippen molar-refractivity contribution in [3.63, 3.8) is 0 Å². The molecular formula is C14H12ClFN2O. The normalized spacial score (nSPS) is 10.2. The Kier molecular flexibility index (Phi) is 4.02. The molecule has 0 aliphatic carbocycles. The molecule has 2 rings (SSSR count). The Labute approximate surface area is 115 Å². The van der Waals surface area contributed by atoms with Crippen molar-refractivity contribution >= 4 is 28.9 Å². The molecule has 3 N–H and O–H groups in total. The Morgan fingerprint density at radius 2 is 2.00 bits per heavy atom. The van der Waals surface area contributed by atoms with Crippen LogP contribution >= 0.6 is 11.6 Å². The maximum atomic E-state index is 13.0. The van der Waals surface area contributed by atoms with Crippen LogP contribution in [-0.2, 0) is 11.2 Å². The van der Waals surface area contributed by atoms with Gasteiger partial charge in [-0.15, -0.1) is 0 Å². The fourth-order valence-electron chi connectivity index (χ4n) is 1.65. The molecule has 5 heteroatoms. The number of rotatable bonds is 3. The maximum Gasteiger partial charge on any atom is 0.228 e. The first-order valence-electron chi connectivity index (χ1n) is 5.64. The van der Waals surface area contributed by atoms with Crippen LogP contribution in [0.25, 0.3) is 0 Å². The van der Waals surface area contributed by atoms with Crippen molar-refractivity contribution in [2.45, 2.75) is 6.42 Å². The fourth-order valence-corrected chi connectivity index (χ4v) is 1.83. The third-order valence-electron chi connectivity index (χ3n) is 2.61. The van der Waals surface area contributed by atoms with E-state index < -0.39 is 5.82 Å². The second kappa shape index (κ2) is 5.71. The third-order valence-corrected chi connectivity index (χ3v) is 2.90. The number of benzene rings is 2. The van der Waals surface area contributed by atoms with E-state index in [4.69, 9.17) is 17.3 Å². The van der Waals surface area contributed by atoms with E-state index in [-0.39, 0.29) is 17.4 Å². The number of anilines is 2. The van der Waals surface area contributed by atoms with Gasteiger partial charge in [0.15, 0.2) is 0 Å². The number of halogens is 2. The minimum atomic E-state index is -0.521. The SMILES string of the molecule is Nc1ccccc1CC(=O)Nc1ccc(F)c(Cl)c1. The van der Waals surface area contributed by atoms with Gasteiger partial charge in [-0.05, 0) is 29.8 Å². The number of hydrogen-bond acceptors (Lipinski definition) is 2. The molecule has 0 saturated heterocycles. The Morgan fingerprint density at radius 1 is 1.26 bits per heavy atom. The van der Waals surface area contributed by atoms with Gasteiger partial charge in [-0.1, -0.05) is 29.8 Å². The van der Waals surface area contributed by atoms with Gasteiger partial charge < -0.3 is 11.1 Å². The number of carbonyl (C=O) groups is 1. The lowest BCUT2D eigenvalue weighted by Gasteiger charge is -2.07. The van der Waals surface area contributed by atoms with E-state index in [1.807, 2.05) is 6.07 Å². The van der Waals surface area contributed by atoms with Gasteiger partial charge in [0.05, 0.1) is 11.4 Å². The summed E-state index contributed by atoms with van der Waals surface area (Å²) in [5.74, 6) is -0.757. The van der Waals surface area contributed by atoms with Crippen molar-refractivity contribution in [2.75, 3.05) is 11.1 Å². The highest BCUT2D eigenvalue weighted by atomic mass is 35.5. The predicted molar refractivity (Wildman–Crippen MR) is 74.6 cm³/mol. The molecule has 0 unspecified atom stereocenters. The molecule has 1 amide bonds. The summed E-state index contributed by atoms with van der Waals surface area (Å²) in [7, 11) is 0. The molecule has 2 aromatic carbocycles. The molecule has 0 aliphatic heterocycles. The fraction of sp³-hybridized carbons (Fsp3) is 0.0714. The lowest BCUT2D eigenvalue weighted by atomic mass is 10.1. The smallest absolute Gasteiger partial charge is 0.228 e. The maximum absolute atomic E-state index is 13.0. The summed E-state index contributed by atoms with van der Waals surface area (Å²) in [6.07, 6.45) is 0.154. The average Bonchev–Trinajstić information content (AvgIpc) is 2.37. The van der Waals surface area contributed by atoms with E-state index in [2.05, 4.69) is 5.32 Å². The van der Waals surface area contributed by atoms with Crippen LogP contribution in [0.15, 0.2) is 42.5 Å². The quantitative estimate of drug-likeness (QED) is 0.847. The number of nitrogens with two attached hydrogens (primary N) is 1. The lowest BCUT2D eigenvalue weighted by Crippen LogP contribution is -2.15. The Morgan fingerprint density at radius 3 is 2.68 bits per heavy atom. The number of carbonyl (C=O) groups excluding carboxylic acids is 1. The van der Waals surface area contributed by atoms with Crippen LogP contribution in [0.3, 0.4) is 0 Å². The number of para-hydroxylation sites is 1. The average molecular weight is 279 g/mol. The summed E-state index contributed by atoms with van der Waals surface area (Å²) in [5, 5.41) is 2.61. The topological polar surface area (TPSA) is 55.1 Å². The summed E-state index contributed by atoms with van der Waals surface area (Å²) >= 11 is 5.64. The molecule has 0 saturated carbocycles. The van der Waals surface area contributed by atoms with Crippen LogP contribution in [0, 0.1) is 5.82 Å². The summed E-state index contributed by atoms with van der Waals surface area (Å²) in [6.45, 7) is 0. The minimum Gasteiger partial charge on any atom is -0.398 e. The van der Waals surface area contributed by atoms with Crippen molar-refractivity contribution in [3.8, 4) is 0 Å². The molecule has 0 spiro atoms. The molecule has 98 valence electrons. The van der Waals surface area contributed by atoms with Gasteiger partial charge in [0.1, 0.15) is 5.82 Å². The van der Waals surface area contributed by atoms with Gasteiger partial charge in [0.2, 0.25) is 5.91 Å². The van der Waals surface area contributed by atoms with Crippen molar-refractivity contribution in [2.24, 2.45) is 0 Å². The highest BCUT2D eigenvalue weighted by Crippen LogP contribution is 2.20. The molecule has 0 aliphatic rings. The van der Waals surface area contributed by atoms with Gasteiger partial charge in [-0.2, -0.15) is 0 Å². The molecule has 0 bridgehead atoms. The summed E-state index contributed by atoms with van der Waals surface area (Å²) in [6, 6.07) is 11.2.